The van der Waals surface area contributed by atoms with Crippen LogP contribution in [0.2, 0.25) is 0 Å². The summed E-state index contributed by atoms with van der Waals surface area (Å²) in [5, 5.41) is 9.36. The van der Waals surface area contributed by atoms with Crippen LogP contribution in [0.5, 0.6) is 0 Å². The third-order valence-corrected chi connectivity index (χ3v) is 10.7. The summed E-state index contributed by atoms with van der Waals surface area (Å²) in [5.74, 6) is -1.55. The van der Waals surface area contributed by atoms with Gasteiger partial charge in [0.1, 0.15) is 6.04 Å². The minimum absolute atomic E-state index is 0.000858. The van der Waals surface area contributed by atoms with Crippen molar-refractivity contribution < 1.29 is 24.2 Å². The summed E-state index contributed by atoms with van der Waals surface area (Å²) in [7, 11) is 0. The summed E-state index contributed by atoms with van der Waals surface area (Å²) in [4.78, 5) is 45.6. The molecule has 2 bridgehead atoms. The Morgan fingerprint density at radius 3 is 2.61 bits per heavy atom. The zero-order chi connectivity index (χ0) is 25.9. The van der Waals surface area contributed by atoms with Crippen molar-refractivity contribution in [1.29, 1.82) is 0 Å². The fourth-order valence-electron chi connectivity index (χ4n) is 7.14. The average molecular weight is 519 g/mol. The number of unbranched alkanes of at least 4 members (excludes halogenated alkanes) is 1. The highest BCUT2D eigenvalue weighted by atomic mass is 32.2. The topological polar surface area (TPSA) is 87.1 Å². The molecule has 36 heavy (non-hydrogen) atoms. The Kier molecular flexibility index (Phi) is 8.55. The first kappa shape index (κ1) is 27.2. The van der Waals surface area contributed by atoms with Crippen LogP contribution in [-0.4, -0.2) is 80.6 Å². The molecule has 1 N–H and O–H groups in total. The van der Waals surface area contributed by atoms with Gasteiger partial charge >= 0.3 is 5.97 Å². The number of thioether (sulfide) groups is 1. The molecule has 3 heterocycles. The number of carbonyl (C=O) groups is 3. The first-order valence-electron chi connectivity index (χ1n) is 13.6. The van der Waals surface area contributed by atoms with Gasteiger partial charge in [-0.1, -0.05) is 31.4 Å². The van der Waals surface area contributed by atoms with Gasteiger partial charge in [0, 0.05) is 30.5 Å². The van der Waals surface area contributed by atoms with E-state index in [0.717, 1.165) is 38.5 Å². The smallest absolute Gasteiger partial charge is 0.311 e. The number of carbonyl (C=O) groups excluding carboxylic acids is 3. The fourth-order valence-corrected chi connectivity index (χ4v) is 9.48. The first-order chi connectivity index (χ1) is 17.3. The van der Waals surface area contributed by atoms with Gasteiger partial charge in [0.15, 0.2) is 0 Å². The molecule has 4 aliphatic rings. The van der Waals surface area contributed by atoms with E-state index in [1.54, 1.807) is 28.8 Å². The number of hydrogen-bond acceptors (Lipinski definition) is 6. The third kappa shape index (κ3) is 4.64. The zero-order valence-corrected chi connectivity index (χ0v) is 22.5. The van der Waals surface area contributed by atoms with Crippen LogP contribution in [0.4, 0.5) is 0 Å². The van der Waals surface area contributed by atoms with Crippen molar-refractivity contribution in [2.75, 3.05) is 26.3 Å². The van der Waals surface area contributed by atoms with Gasteiger partial charge in [-0.25, -0.2) is 0 Å². The quantitative estimate of drug-likeness (QED) is 0.241. The molecule has 1 spiro atoms. The van der Waals surface area contributed by atoms with Crippen molar-refractivity contribution in [3.63, 3.8) is 0 Å². The second kappa shape index (κ2) is 11.3. The molecule has 2 unspecified atom stereocenters. The summed E-state index contributed by atoms with van der Waals surface area (Å²) < 4.78 is 4.56. The SMILES string of the molecule is C=CCCOC(=O)[C@H]1[C@H]2C(=O)N(CCCCO)C(C(=O)N(CC=C)C3CCCCC3)C23CC[C@]1(C)S3. The third-order valence-electron chi connectivity index (χ3n) is 8.76. The normalized spacial score (nSPS) is 33.4. The van der Waals surface area contributed by atoms with E-state index in [4.69, 9.17) is 4.74 Å². The highest BCUT2D eigenvalue weighted by Gasteiger charge is 2.77. The summed E-state index contributed by atoms with van der Waals surface area (Å²) in [6.45, 7) is 10.9. The molecule has 1 aliphatic carbocycles. The van der Waals surface area contributed by atoms with Gasteiger partial charge in [0.25, 0.3) is 0 Å². The maximum Gasteiger partial charge on any atom is 0.311 e. The Labute approximate surface area is 219 Å². The van der Waals surface area contributed by atoms with Crippen LogP contribution >= 0.6 is 11.8 Å². The molecular weight excluding hydrogens is 476 g/mol. The van der Waals surface area contributed by atoms with E-state index in [2.05, 4.69) is 20.1 Å². The van der Waals surface area contributed by atoms with Gasteiger partial charge in [0.05, 0.1) is 23.2 Å². The van der Waals surface area contributed by atoms with Crippen LogP contribution in [-0.2, 0) is 19.1 Å². The van der Waals surface area contributed by atoms with Crippen molar-refractivity contribution in [3.8, 4) is 0 Å². The molecule has 8 heteroatoms. The van der Waals surface area contributed by atoms with E-state index in [1.807, 2.05) is 4.90 Å². The largest absolute Gasteiger partial charge is 0.465 e. The maximum atomic E-state index is 14.4. The van der Waals surface area contributed by atoms with E-state index in [1.165, 1.54) is 6.42 Å². The zero-order valence-electron chi connectivity index (χ0n) is 21.7. The molecule has 200 valence electrons. The Bertz CT molecular complexity index is 874. The minimum Gasteiger partial charge on any atom is -0.465 e. The van der Waals surface area contributed by atoms with Crippen LogP contribution < -0.4 is 0 Å². The van der Waals surface area contributed by atoms with Gasteiger partial charge in [-0.2, -0.15) is 0 Å². The lowest BCUT2D eigenvalue weighted by molar-refractivity contribution is -0.155. The van der Waals surface area contributed by atoms with Gasteiger partial charge in [-0.3, -0.25) is 14.4 Å². The van der Waals surface area contributed by atoms with E-state index >= 15 is 0 Å². The van der Waals surface area contributed by atoms with Crippen molar-refractivity contribution in [2.24, 2.45) is 11.8 Å². The number of aliphatic hydroxyl groups is 1. The van der Waals surface area contributed by atoms with Crippen molar-refractivity contribution in [1.82, 2.24) is 9.80 Å². The summed E-state index contributed by atoms with van der Waals surface area (Å²) in [6.07, 6.45) is 12.1. The Morgan fingerprint density at radius 2 is 1.94 bits per heavy atom. The lowest BCUT2D eigenvalue weighted by atomic mass is 9.66. The lowest BCUT2D eigenvalue weighted by Gasteiger charge is -2.41. The monoisotopic (exact) mass is 518 g/mol. The summed E-state index contributed by atoms with van der Waals surface area (Å²) in [6, 6.07) is -0.443. The molecule has 4 fully saturated rings. The number of ether oxygens (including phenoxy) is 1. The molecule has 5 atom stereocenters. The standard InChI is InChI=1S/C28H42N2O5S/c1-4-6-19-35-26(34)22-21-24(32)30(17-10-11-18-31)23(28(21)15-14-27(22,3)36-28)25(33)29(16-5-2)20-12-8-7-9-13-20/h4-5,20-23,31H,1-2,6-19H2,3H3/t21-,22+,23?,27-,28?/m0/s1. The van der Waals surface area contributed by atoms with Crippen molar-refractivity contribution >= 4 is 29.5 Å². The predicted molar refractivity (Wildman–Crippen MR) is 141 cm³/mol. The molecule has 7 nitrogen and oxygen atoms in total. The highest BCUT2D eigenvalue weighted by Crippen LogP contribution is 2.71. The van der Waals surface area contributed by atoms with Gasteiger partial charge < -0.3 is 19.6 Å². The van der Waals surface area contributed by atoms with Crippen LogP contribution in [0.3, 0.4) is 0 Å². The molecule has 1 saturated carbocycles. The molecule has 3 saturated heterocycles. The van der Waals surface area contributed by atoms with E-state index in [-0.39, 0.29) is 37.0 Å². The molecular formula is C28H42N2O5S. The number of nitrogens with zero attached hydrogens (tertiary/aromatic N) is 2. The number of rotatable bonds is 12. The first-order valence-corrected chi connectivity index (χ1v) is 14.5. The highest BCUT2D eigenvalue weighted by molar-refractivity contribution is 8.02. The van der Waals surface area contributed by atoms with Crippen LogP contribution in [0.1, 0.15) is 71.1 Å². The van der Waals surface area contributed by atoms with Crippen LogP contribution in [0, 0.1) is 11.8 Å². The Balaban J connectivity index is 1.69. The number of esters is 1. The van der Waals surface area contributed by atoms with Crippen LogP contribution in [0.15, 0.2) is 25.3 Å². The summed E-state index contributed by atoms with van der Waals surface area (Å²) >= 11 is 1.69. The number of fused-ring (bicyclic) bond motifs is 1. The minimum atomic E-state index is -0.627. The van der Waals surface area contributed by atoms with Gasteiger partial charge in [-0.15, -0.1) is 24.9 Å². The lowest BCUT2D eigenvalue weighted by Crippen LogP contribution is -2.57. The molecule has 2 amide bonds. The second-order valence-electron chi connectivity index (χ2n) is 11.0. The van der Waals surface area contributed by atoms with Crippen LogP contribution in [0.25, 0.3) is 0 Å². The predicted octanol–water partition coefficient (Wildman–Crippen LogP) is 3.71. The van der Waals surface area contributed by atoms with E-state index in [0.29, 0.717) is 32.4 Å². The average Bonchev–Trinajstić information content (AvgIpc) is 3.44. The van der Waals surface area contributed by atoms with Gasteiger partial charge in [0.2, 0.25) is 11.8 Å². The molecule has 0 aromatic rings. The number of amides is 2. The molecule has 4 rings (SSSR count). The van der Waals surface area contributed by atoms with Crippen molar-refractivity contribution in [3.05, 3.63) is 25.3 Å². The fraction of sp³-hybridized carbons (Fsp3) is 0.750. The molecule has 0 aromatic carbocycles. The number of aliphatic hydroxyl groups excluding tert-OH is 1. The molecule has 0 radical (unpaired) electrons. The summed E-state index contributed by atoms with van der Waals surface area (Å²) in [5.41, 5.74) is 0. The Morgan fingerprint density at radius 1 is 1.19 bits per heavy atom. The van der Waals surface area contributed by atoms with Crippen molar-refractivity contribution in [2.45, 2.75) is 92.7 Å². The van der Waals surface area contributed by atoms with E-state index < -0.39 is 27.4 Å². The Hall–Kier alpha value is -1.80. The maximum absolute atomic E-state index is 14.4. The number of hydrogen-bond donors (Lipinski definition) is 1. The van der Waals surface area contributed by atoms with E-state index in [9.17, 15) is 19.5 Å². The molecule has 0 aromatic heterocycles. The second-order valence-corrected chi connectivity index (χ2v) is 12.9. The molecule has 3 aliphatic heterocycles. The van der Waals surface area contributed by atoms with Gasteiger partial charge in [-0.05, 0) is 51.9 Å². The number of likely N-dealkylation sites (tertiary alicyclic amines) is 1.